The fourth-order valence-electron chi connectivity index (χ4n) is 4.05. The van der Waals surface area contributed by atoms with E-state index in [1.807, 2.05) is 20.8 Å². The van der Waals surface area contributed by atoms with Gasteiger partial charge in [-0.1, -0.05) is 38.4 Å². The Hall–Kier alpha value is -3.89. The molecule has 4 rings (SSSR count). The van der Waals surface area contributed by atoms with Crippen molar-refractivity contribution in [3.8, 4) is 17.3 Å². The molecule has 0 spiro atoms. The number of hydrogen-bond donors (Lipinski definition) is 0. The summed E-state index contributed by atoms with van der Waals surface area (Å²) in [5.74, 6) is -1.41. The molecule has 0 aliphatic heterocycles. The minimum Gasteiger partial charge on any atom is -0.485 e. The van der Waals surface area contributed by atoms with Crippen LogP contribution < -0.4 is 15.9 Å². The van der Waals surface area contributed by atoms with E-state index in [4.69, 9.17) is 21.1 Å². The Morgan fingerprint density at radius 3 is 2.44 bits per heavy atom. The molecule has 0 bridgehead atoms. The number of rotatable bonds is 7. The summed E-state index contributed by atoms with van der Waals surface area (Å²) in [6, 6.07) is 7.36. The van der Waals surface area contributed by atoms with Gasteiger partial charge in [-0.05, 0) is 24.0 Å². The van der Waals surface area contributed by atoms with Crippen molar-refractivity contribution in [2.45, 2.75) is 46.3 Å². The van der Waals surface area contributed by atoms with Gasteiger partial charge in [0.25, 0.3) is 11.1 Å². The number of ether oxygens (including phenoxy) is 2. The molecule has 0 saturated heterocycles. The molecular formula is C28H27ClF2N4O4. The highest BCUT2D eigenvalue weighted by atomic mass is 35.5. The molecule has 0 aliphatic rings. The highest BCUT2D eigenvalue weighted by molar-refractivity contribution is 6.31. The lowest BCUT2D eigenvalue weighted by Crippen LogP contribution is -2.30. The molecule has 4 aromatic heterocycles. The molecule has 39 heavy (non-hydrogen) atoms. The zero-order valence-corrected chi connectivity index (χ0v) is 22.8. The number of pyridine rings is 4. The Bertz CT molecular complexity index is 1660. The third kappa shape index (κ3) is 5.76. The van der Waals surface area contributed by atoms with Crippen molar-refractivity contribution in [3.05, 3.63) is 109 Å². The third-order valence-electron chi connectivity index (χ3n) is 6.04. The Balaban J connectivity index is 1.81. The molecule has 0 amide bonds. The third-order valence-corrected chi connectivity index (χ3v) is 6.38. The molecule has 0 saturated carbocycles. The molecule has 0 unspecified atom stereocenters. The molecule has 0 radical (unpaired) electrons. The van der Waals surface area contributed by atoms with E-state index in [0.717, 1.165) is 6.20 Å². The van der Waals surface area contributed by atoms with E-state index in [-0.39, 0.29) is 40.7 Å². The largest absolute Gasteiger partial charge is 0.485 e. The van der Waals surface area contributed by atoms with Crippen LogP contribution >= 0.6 is 11.6 Å². The Morgan fingerprint density at radius 2 is 1.77 bits per heavy atom. The topological polar surface area (TPSA) is 88.2 Å². The summed E-state index contributed by atoms with van der Waals surface area (Å²) in [6.45, 7) is 7.24. The van der Waals surface area contributed by atoms with Gasteiger partial charge < -0.3 is 9.47 Å². The van der Waals surface area contributed by atoms with E-state index in [9.17, 15) is 18.4 Å². The molecule has 0 atom stereocenters. The summed E-state index contributed by atoms with van der Waals surface area (Å²) in [7, 11) is 1.46. The van der Waals surface area contributed by atoms with Crippen LogP contribution in [0.25, 0.3) is 11.5 Å². The maximum atomic E-state index is 14.0. The summed E-state index contributed by atoms with van der Waals surface area (Å²) in [4.78, 5) is 34.9. The first kappa shape index (κ1) is 28.1. The first-order valence-electron chi connectivity index (χ1n) is 12.0. The zero-order chi connectivity index (χ0) is 28.5. The van der Waals surface area contributed by atoms with Crippen LogP contribution in [0.3, 0.4) is 0 Å². The van der Waals surface area contributed by atoms with Gasteiger partial charge in [0.1, 0.15) is 34.7 Å². The van der Waals surface area contributed by atoms with E-state index in [0.29, 0.717) is 34.4 Å². The Labute approximate surface area is 228 Å². The molecule has 4 heterocycles. The van der Waals surface area contributed by atoms with Crippen molar-refractivity contribution in [1.29, 1.82) is 0 Å². The lowest BCUT2D eigenvalue weighted by Gasteiger charge is -2.20. The molecule has 0 N–H and O–H groups in total. The van der Waals surface area contributed by atoms with Crippen LogP contribution in [0.15, 0.2) is 58.5 Å². The normalized spacial score (nSPS) is 11.6. The van der Waals surface area contributed by atoms with Crippen molar-refractivity contribution >= 4 is 11.6 Å². The fraction of sp³-hybridized carbons (Fsp3) is 0.286. The van der Waals surface area contributed by atoms with Crippen LogP contribution in [0.1, 0.15) is 43.3 Å². The fourth-order valence-corrected chi connectivity index (χ4v) is 4.25. The molecule has 4 aromatic rings. The lowest BCUT2D eigenvalue weighted by atomic mass is 9.88. The molecular weight excluding hydrogens is 530 g/mol. The monoisotopic (exact) mass is 556 g/mol. The summed E-state index contributed by atoms with van der Waals surface area (Å²) in [6.07, 6.45) is 4.04. The number of methoxy groups -OCH3 is 1. The van der Waals surface area contributed by atoms with Gasteiger partial charge in [0.05, 0.1) is 24.2 Å². The second kappa shape index (κ2) is 11.1. The number of nitrogens with zero attached hydrogens (tertiary/aromatic N) is 4. The first-order valence-corrected chi connectivity index (χ1v) is 12.4. The van der Waals surface area contributed by atoms with Crippen LogP contribution in [0.5, 0.6) is 5.75 Å². The molecule has 204 valence electrons. The smallest absolute Gasteiger partial charge is 0.277 e. The minimum absolute atomic E-state index is 0.00246. The quantitative estimate of drug-likeness (QED) is 0.317. The van der Waals surface area contributed by atoms with Crippen LogP contribution in [-0.4, -0.2) is 26.2 Å². The van der Waals surface area contributed by atoms with E-state index in [2.05, 4.69) is 9.97 Å². The standard InChI is InChI=1S/C28H27ClF2N4O4/c1-16-12-33-24(34-8-6-7-19(26(34)36)28(2,3)4)11-22(16)35-18(14-38-5)10-23(25(29)27(35)37)39-15-21-20(31)9-17(30)13-32-21/h6-13H,14-15H2,1-5H3. The van der Waals surface area contributed by atoms with E-state index >= 15 is 0 Å². The summed E-state index contributed by atoms with van der Waals surface area (Å²) in [5, 5.41) is -0.262. The Morgan fingerprint density at radius 1 is 1.03 bits per heavy atom. The van der Waals surface area contributed by atoms with Crippen molar-refractivity contribution in [1.82, 2.24) is 19.1 Å². The molecule has 11 heteroatoms. The van der Waals surface area contributed by atoms with Gasteiger partial charge in [-0.15, -0.1) is 0 Å². The molecule has 0 fully saturated rings. The van der Waals surface area contributed by atoms with Gasteiger partial charge in [0, 0.05) is 43.3 Å². The maximum absolute atomic E-state index is 14.0. The minimum atomic E-state index is -0.887. The average molecular weight is 557 g/mol. The van der Waals surface area contributed by atoms with E-state index in [1.165, 1.54) is 22.3 Å². The number of halogens is 3. The number of hydrogen-bond acceptors (Lipinski definition) is 6. The van der Waals surface area contributed by atoms with Gasteiger partial charge in [0.15, 0.2) is 5.82 Å². The van der Waals surface area contributed by atoms with Gasteiger partial charge in [-0.2, -0.15) is 0 Å². The van der Waals surface area contributed by atoms with E-state index in [1.54, 1.807) is 37.5 Å². The van der Waals surface area contributed by atoms with E-state index < -0.39 is 17.2 Å². The number of aryl methyl sites for hydroxylation is 1. The molecule has 0 aromatic carbocycles. The van der Waals surface area contributed by atoms with Crippen molar-refractivity contribution in [2.75, 3.05) is 7.11 Å². The highest BCUT2D eigenvalue weighted by Crippen LogP contribution is 2.27. The van der Waals surface area contributed by atoms with Crippen molar-refractivity contribution in [3.63, 3.8) is 0 Å². The lowest BCUT2D eigenvalue weighted by molar-refractivity contribution is 0.178. The van der Waals surface area contributed by atoms with Gasteiger partial charge >= 0.3 is 0 Å². The van der Waals surface area contributed by atoms with Crippen LogP contribution in [0, 0.1) is 18.6 Å². The summed E-state index contributed by atoms with van der Waals surface area (Å²) < 4.78 is 40.9. The first-order chi connectivity index (χ1) is 18.4. The zero-order valence-electron chi connectivity index (χ0n) is 22.1. The van der Waals surface area contributed by atoms with Crippen LogP contribution in [-0.2, 0) is 23.4 Å². The second-order valence-corrected chi connectivity index (χ2v) is 10.3. The van der Waals surface area contributed by atoms with Gasteiger partial charge in [-0.3, -0.25) is 23.7 Å². The van der Waals surface area contributed by atoms with Crippen LogP contribution in [0.4, 0.5) is 8.78 Å². The SMILES string of the molecule is COCc1cc(OCc2ncc(F)cc2F)c(Cl)c(=O)n1-c1cc(-n2cccc(C(C)(C)C)c2=O)ncc1C. The second-order valence-electron chi connectivity index (χ2n) is 9.93. The van der Waals surface area contributed by atoms with Crippen molar-refractivity contribution in [2.24, 2.45) is 0 Å². The van der Waals surface area contributed by atoms with Gasteiger partial charge in [-0.25, -0.2) is 13.8 Å². The summed E-state index contributed by atoms with van der Waals surface area (Å²) in [5.41, 5.74) is 0.692. The number of aromatic nitrogens is 4. The molecule has 0 aliphatic carbocycles. The predicted octanol–water partition coefficient (Wildman–Crippen LogP) is 5.04. The average Bonchev–Trinajstić information content (AvgIpc) is 2.87. The summed E-state index contributed by atoms with van der Waals surface area (Å²) >= 11 is 6.41. The maximum Gasteiger partial charge on any atom is 0.277 e. The Kier molecular flexibility index (Phi) is 7.99. The van der Waals surface area contributed by atoms with Crippen molar-refractivity contribution < 1.29 is 18.3 Å². The molecule has 8 nitrogen and oxygen atoms in total. The van der Waals surface area contributed by atoms with Crippen LogP contribution in [0.2, 0.25) is 5.02 Å². The van der Waals surface area contributed by atoms with Gasteiger partial charge in [0.2, 0.25) is 0 Å². The highest BCUT2D eigenvalue weighted by Gasteiger charge is 2.21. The predicted molar refractivity (Wildman–Crippen MR) is 143 cm³/mol.